The van der Waals surface area contributed by atoms with Crippen molar-refractivity contribution in [1.82, 2.24) is 14.3 Å². The normalized spacial score (nSPS) is 10.9. The molecule has 7 heteroatoms. The lowest BCUT2D eigenvalue weighted by atomic mass is 10.1. The van der Waals surface area contributed by atoms with Gasteiger partial charge in [-0.1, -0.05) is 48.5 Å². The number of carbonyl (C=O) groups excluding carboxylic acids is 1. The average Bonchev–Trinajstić information content (AvgIpc) is 3.10. The van der Waals surface area contributed by atoms with Gasteiger partial charge in [0.05, 0.1) is 5.75 Å². The molecule has 0 aliphatic carbocycles. The van der Waals surface area contributed by atoms with Crippen molar-refractivity contribution >= 4 is 35.6 Å². The second-order valence-electron chi connectivity index (χ2n) is 7.95. The van der Waals surface area contributed by atoms with Gasteiger partial charge in [0.25, 0.3) is 0 Å². The molecule has 1 aromatic heterocycles. The Hall–Kier alpha value is -3.16. The molecular weight excluding hydrogens is 448 g/mol. The van der Waals surface area contributed by atoms with Gasteiger partial charge < -0.3 is 5.32 Å². The summed E-state index contributed by atoms with van der Waals surface area (Å²) in [6, 6.07) is 24.3. The molecule has 168 valence electrons. The van der Waals surface area contributed by atoms with Crippen molar-refractivity contribution < 1.29 is 4.79 Å². The predicted molar refractivity (Wildman–Crippen MR) is 138 cm³/mol. The minimum Gasteiger partial charge on any atom is -0.324 e. The molecule has 0 spiro atoms. The molecule has 0 saturated carbocycles. The highest BCUT2D eigenvalue weighted by Gasteiger charge is 2.16. The molecule has 0 radical (unpaired) electrons. The molecule has 1 N–H and O–H groups in total. The minimum atomic E-state index is -0.153. The van der Waals surface area contributed by atoms with E-state index in [-0.39, 0.29) is 12.5 Å². The maximum absolute atomic E-state index is 12.9. The fraction of sp³-hybridized carbons (Fsp3) is 0.192. The summed E-state index contributed by atoms with van der Waals surface area (Å²) in [6.07, 6.45) is 0. The molecule has 0 saturated heterocycles. The fourth-order valence-electron chi connectivity index (χ4n) is 3.67. The van der Waals surface area contributed by atoms with Crippen LogP contribution < -0.4 is 5.32 Å². The Morgan fingerprint density at radius 3 is 2.36 bits per heavy atom. The third kappa shape index (κ3) is 5.43. The van der Waals surface area contributed by atoms with Crippen LogP contribution >= 0.6 is 24.0 Å². The van der Waals surface area contributed by atoms with Crippen molar-refractivity contribution in [2.24, 2.45) is 0 Å². The van der Waals surface area contributed by atoms with E-state index in [4.69, 9.17) is 17.3 Å². The van der Waals surface area contributed by atoms with Crippen LogP contribution in [-0.4, -0.2) is 20.3 Å². The minimum absolute atomic E-state index is 0.0500. The molecule has 0 unspecified atom stereocenters. The van der Waals surface area contributed by atoms with E-state index in [0.717, 1.165) is 38.8 Å². The number of nitrogens with one attached hydrogen (secondary N) is 1. The first-order valence-corrected chi connectivity index (χ1v) is 12.1. The molecule has 0 aliphatic heterocycles. The Labute approximate surface area is 203 Å². The molecule has 33 heavy (non-hydrogen) atoms. The van der Waals surface area contributed by atoms with Gasteiger partial charge in [-0.2, -0.15) is 5.10 Å². The summed E-state index contributed by atoms with van der Waals surface area (Å²) in [7, 11) is 0. The Balaban J connectivity index is 1.64. The van der Waals surface area contributed by atoms with Crippen LogP contribution in [0.5, 0.6) is 0 Å². The molecule has 1 amide bonds. The number of anilines is 1. The number of rotatable bonds is 7. The maximum atomic E-state index is 12.9. The summed E-state index contributed by atoms with van der Waals surface area (Å²) >= 11 is 7.47. The lowest BCUT2D eigenvalue weighted by Gasteiger charge is -2.11. The number of amides is 1. The van der Waals surface area contributed by atoms with Crippen LogP contribution in [0.2, 0.25) is 0 Å². The average molecular weight is 475 g/mol. The highest BCUT2D eigenvalue weighted by molar-refractivity contribution is 7.98. The molecule has 4 rings (SSSR count). The first kappa shape index (κ1) is 23.0. The number of carbonyl (C=O) groups is 1. The third-order valence-electron chi connectivity index (χ3n) is 5.32. The second-order valence-corrected chi connectivity index (χ2v) is 9.36. The number of para-hydroxylation sites is 1. The summed E-state index contributed by atoms with van der Waals surface area (Å²) in [5.41, 5.74) is 4.98. The summed E-state index contributed by atoms with van der Waals surface area (Å²) in [6.45, 7) is 6.07. The molecule has 3 aromatic carbocycles. The molecule has 0 fully saturated rings. The van der Waals surface area contributed by atoms with Crippen molar-refractivity contribution in [1.29, 1.82) is 0 Å². The van der Waals surface area contributed by atoms with E-state index >= 15 is 0 Å². The van der Waals surface area contributed by atoms with Gasteiger partial charge in [-0.15, -0.1) is 11.8 Å². The lowest BCUT2D eigenvalue weighted by molar-refractivity contribution is -0.116. The maximum Gasteiger partial charge on any atom is 0.246 e. The lowest BCUT2D eigenvalue weighted by Crippen LogP contribution is -2.21. The van der Waals surface area contributed by atoms with Gasteiger partial charge in [-0.25, -0.2) is 4.68 Å². The van der Waals surface area contributed by atoms with E-state index in [1.165, 1.54) is 0 Å². The van der Waals surface area contributed by atoms with Crippen LogP contribution in [-0.2, 0) is 17.1 Å². The van der Waals surface area contributed by atoms with Gasteiger partial charge in [0.1, 0.15) is 12.4 Å². The number of thioether (sulfide) groups is 1. The van der Waals surface area contributed by atoms with Crippen LogP contribution in [0.4, 0.5) is 5.69 Å². The van der Waals surface area contributed by atoms with Gasteiger partial charge >= 0.3 is 0 Å². The number of aromatic nitrogens is 3. The van der Waals surface area contributed by atoms with Gasteiger partial charge in [-0.05, 0) is 73.9 Å². The molecular formula is C26H26N4OS2. The molecule has 5 nitrogen and oxygen atoms in total. The Morgan fingerprint density at radius 1 is 0.970 bits per heavy atom. The van der Waals surface area contributed by atoms with Crippen LogP contribution in [0, 0.1) is 25.5 Å². The van der Waals surface area contributed by atoms with E-state index in [1.54, 1.807) is 16.4 Å². The highest BCUT2D eigenvalue weighted by Crippen LogP contribution is 2.24. The number of aryl methyl sites for hydroxylation is 3. The standard InChI is InChI=1S/C26H26N4OS2/c1-18-9-7-12-21(15-18)30-23(17-33-22-13-5-4-6-14-22)28-29(26(30)32)16-24(31)27-25-19(2)10-8-11-20(25)3/h4-15H,16-17H2,1-3H3,(H,27,31). The largest absolute Gasteiger partial charge is 0.324 e. The van der Waals surface area contributed by atoms with E-state index in [1.807, 2.05) is 79.9 Å². The molecule has 0 atom stereocenters. The van der Waals surface area contributed by atoms with Crippen LogP contribution in [0.15, 0.2) is 77.7 Å². The topological polar surface area (TPSA) is 51.9 Å². The highest BCUT2D eigenvalue weighted by atomic mass is 32.2. The van der Waals surface area contributed by atoms with Crippen molar-refractivity contribution in [3.63, 3.8) is 0 Å². The summed E-state index contributed by atoms with van der Waals surface area (Å²) in [4.78, 5) is 14.1. The van der Waals surface area contributed by atoms with Crippen LogP contribution in [0.1, 0.15) is 22.5 Å². The summed E-state index contributed by atoms with van der Waals surface area (Å²) in [5.74, 6) is 1.28. The zero-order valence-electron chi connectivity index (χ0n) is 18.9. The van der Waals surface area contributed by atoms with Crippen LogP contribution in [0.25, 0.3) is 5.69 Å². The van der Waals surface area contributed by atoms with Crippen molar-refractivity contribution in [3.8, 4) is 5.69 Å². The van der Waals surface area contributed by atoms with E-state index in [0.29, 0.717) is 10.5 Å². The van der Waals surface area contributed by atoms with Gasteiger partial charge in [0.15, 0.2) is 0 Å². The first-order valence-electron chi connectivity index (χ1n) is 10.7. The van der Waals surface area contributed by atoms with E-state index in [2.05, 4.69) is 23.5 Å². The van der Waals surface area contributed by atoms with E-state index < -0.39 is 0 Å². The Morgan fingerprint density at radius 2 is 1.67 bits per heavy atom. The van der Waals surface area contributed by atoms with Gasteiger partial charge in [-0.3, -0.25) is 9.36 Å². The second kappa shape index (κ2) is 10.2. The van der Waals surface area contributed by atoms with Crippen molar-refractivity contribution in [3.05, 3.63) is 100 Å². The Bertz CT molecular complexity index is 1320. The number of benzene rings is 3. The smallest absolute Gasteiger partial charge is 0.246 e. The SMILES string of the molecule is Cc1cccc(-n2c(CSc3ccccc3)nn(CC(=O)Nc3c(C)cccc3C)c2=S)c1. The summed E-state index contributed by atoms with van der Waals surface area (Å²) < 4.78 is 4.08. The van der Waals surface area contributed by atoms with Gasteiger partial charge in [0, 0.05) is 16.3 Å². The molecule has 4 aromatic rings. The Kier molecular flexibility index (Phi) is 7.11. The quantitative estimate of drug-likeness (QED) is 0.254. The molecule has 1 heterocycles. The van der Waals surface area contributed by atoms with Gasteiger partial charge in [0.2, 0.25) is 10.7 Å². The zero-order chi connectivity index (χ0) is 23.4. The first-order chi connectivity index (χ1) is 15.9. The van der Waals surface area contributed by atoms with Crippen molar-refractivity contribution in [2.75, 3.05) is 5.32 Å². The number of hydrogen-bond acceptors (Lipinski definition) is 4. The fourth-order valence-corrected chi connectivity index (χ4v) is 4.82. The van der Waals surface area contributed by atoms with E-state index in [9.17, 15) is 4.79 Å². The van der Waals surface area contributed by atoms with Crippen LogP contribution in [0.3, 0.4) is 0 Å². The number of hydrogen-bond donors (Lipinski definition) is 1. The molecule has 0 aliphatic rings. The predicted octanol–water partition coefficient (Wildman–Crippen LogP) is 6.26. The van der Waals surface area contributed by atoms with Crippen molar-refractivity contribution in [2.45, 2.75) is 38.0 Å². The zero-order valence-corrected chi connectivity index (χ0v) is 20.5. The monoisotopic (exact) mass is 474 g/mol. The summed E-state index contributed by atoms with van der Waals surface area (Å²) in [5, 5.41) is 7.78. The molecule has 0 bridgehead atoms. The third-order valence-corrected chi connectivity index (χ3v) is 6.72. The number of nitrogens with zero attached hydrogens (tertiary/aromatic N) is 3.